The van der Waals surface area contributed by atoms with Crippen LogP contribution in [-0.4, -0.2) is 32.6 Å². The molecule has 7 heteroatoms. The second-order valence-electron chi connectivity index (χ2n) is 4.80. The normalized spacial score (nSPS) is 24.9. The maximum absolute atomic E-state index is 11.5. The molecule has 0 unspecified atom stereocenters. The summed E-state index contributed by atoms with van der Waals surface area (Å²) in [5, 5.41) is 8.86. The molecule has 0 heterocycles. The maximum Gasteiger partial charge on any atom is 0.306 e. The second kappa shape index (κ2) is 7.06. The zero-order chi connectivity index (χ0) is 13.6. The molecule has 0 aliphatic heterocycles. The van der Waals surface area contributed by atoms with Gasteiger partial charge in [-0.15, -0.1) is 0 Å². The molecule has 0 saturated heterocycles. The smallest absolute Gasteiger partial charge is 0.306 e. The molecule has 0 atom stereocenters. The molecule has 0 amide bonds. The van der Waals surface area contributed by atoms with Gasteiger partial charge in [-0.05, 0) is 38.0 Å². The van der Waals surface area contributed by atoms with E-state index in [9.17, 15) is 13.2 Å². The first-order valence-electron chi connectivity index (χ1n) is 6.41. The molecule has 106 valence electrons. The first-order valence-corrected chi connectivity index (χ1v) is 7.90. The van der Waals surface area contributed by atoms with Crippen LogP contribution in [0, 0.1) is 11.8 Å². The summed E-state index contributed by atoms with van der Waals surface area (Å²) in [6.45, 7) is 2.72. The Labute approximate surface area is 108 Å². The van der Waals surface area contributed by atoms with Gasteiger partial charge in [0.25, 0.3) is 10.2 Å². The third-order valence-electron chi connectivity index (χ3n) is 3.30. The highest BCUT2D eigenvalue weighted by molar-refractivity contribution is 7.87. The van der Waals surface area contributed by atoms with Gasteiger partial charge in [0, 0.05) is 13.1 Å². The van der Waals surface area contributed by atoms with Gasteiger partial charge in [0.15, 0.2) is 0 Å². The van der Waals surface area contributed by atoms with Crippen molar-refractivity contribution in [3.8, 4) is 0 Å². The Balaban J connectivity index is 2.27. The largest absolute Gasteiger partial charge is 0.481 e. The van der Waals surface area contributed by atoms with Gasteiger partial charge in [-0.3, -0.25) is 4.79 Å². The van der Waals surface area contributed by atoms with Crippen molar-refractivity contribution in [2.45, 2.75) is 39.0 Å². The molecule has 0 aromatic carbocycles. The van der Waals surface area contributed by atoms with Gasteiger partial charge in [0.05, 0.1) is 5.92 Å². The number of rotatable bonds is 7. The van der Waals surface area contributed by atoms with Crippen molar-refractivity contribution in [3.63, 3.8) is 0 Å². The van der Waals surface area contributed by atoms with Crippen molar-refractivity contribution in [3.05, 3.63) is 0 Å². The molecular formula is C11H22N2O4S. The topological polar surface area (TPSA) is 95.5 Å². The summed E-state index contributed by atoms with van der Waals surface area (Å²) in [6, 6.07) is 0. The number of carboxylic acids is 1. The lowest BCUT2D eigenvalue weighted by atomic mass is 9.82. The van der Waals surface area contributed by atoms with Crippen LogP contribution in [0.4, 0.5) is 0 Å². The summed E-state index contributed by atoms with van der Waals surface area (Å²) in [7, 11) is -3.39. The van der Waals surface area contributed by atoms with E-state index in [0.717, 1.165) is 19.3 Å². The van der Waals surface area contributed by atoms with Gasteiger partial charge in [0.1, 0.15) is 0 Å². The van der Waals surface area contributed by atoms with E-state index < -0.39 is 16.2 Å². The lowest BCUT2D eigenvalue weighted by Crippen LogP contribution is -2.40. The van der Waals surface area contributed by atoms with E-state index in [2.05, 4.69) is 9.44 Å². The summed E-state index contributed by atoms with van der Waals surface area (Å²) in [5.74, 6) is -0.742. The van der Waals surface area contributed by atoms with Crippen LogP contribution in [0.25, 0.3) is 0 Å². The Morgan fingerprint density at radius 2 is 1.83 bits per heavy atom. The van der Waals surface area contributed by atoms with Crippen molar-refractivity contribution >= 4 is 16.2 Å². The van der Waals surface area contributed by atoms with E-state index in [1.807, 2.05) is 6.92 Å². The van der Waals surface area contributed by atoms with Crippen LogP contribution in [0.2, 0.25) is 0 Å². The molecule has 1 rings (SSSR count). The molecule has 1 aliphatic rings. The summed E-state index contributed by atoms with van der Waals surface area (Å²) < 4.78 is 27.9. The van der Waals surface area contributed by atoms with Crippen LogP contribution in [-0.2, 0) is 15.0 Å². The quantitative estimate of drug-likeness (QED) is 0.639. The number of hydrogen-bond acceptors (Lipinski definition) is 3. The van der Waals surface area contributed by atoms with Crippen LogP contribution in [0.3, 0.4) is 0 Å². The maximum atomic E-state index is 11.5. The minimum Gasteiger partial charge on any atom is -0.481 e. The van der Waals surface area contributed by atoms with Gasteiger partial charge in [-0.2, -0.15) is 8.42 Å². The predicted octanol–water partition coefficient (Wildman–Crippen LogP) is 0.711. The summed E-state index contributed by atoms with van der Waals surface area (Å²) >= 11 is 0. The van der Waals surface area contributed by atoms with E-state index >= 15 is 0 Å². The molecule has 3 N–H and O–H groups in total. The molecule has 0 bridgehead atoms. The fourth-order valence-corrected chi connectivity index (χ4v) is 3.16. The fourth-order valence-electron chi connectivity index (χ4n) is 2.13. The molecule has 0 aromatic rings. The van der Waals surface area contributed by atoms with E-state index in [4.69, 9.17) is 5.11 Å². The van der Waals surface area contributed by atoms with Crippen LogP contribution in [0.1, 0.15) is 39.0 Å². The number of hydrogen-bond donors (Lipinski definition) is 3. The highest BCUT2D eigenvalue weighted by atomic mass is 32.2. The molecule has 1 aliphatic carbocycles. The van der Waals surface area contributed by atoms with Gasteiger partial charge in [-0.1, -0.05) is 6.92 Å². The van der Waals surface area contributed by atoms with Gasteiger partial charge in [-0.25, -0.2) is 9.44 Å². The van der Waals surface area contributed by atoms with Crippen molar-refractivity contribution in [1.29, 1.82) is 0 Å². The van der Waals surface area contributed by atoms with Crippen LogP contribution in [0.15, 0.2) is 0 Å². The highest BCUT2D eigenvalue weighted by Gasteiger charge is 2.26. The van der Waals surface area contributed by atoms with E-state index in [0.29, 0.717) is 25.9 Å². The SMILES string of the molecule is CCCNS(=O)(=O)NCC1CCC(C(=O)O)CC1. The van der Waals surface area contributed by atoms with E-state index in [1.165, 1.54) is 0 Å². The lowest BCUT2D eigenvalue weighted by Gasteiger charge is -2.26. The molecule has 1 fully saturated rings. The second-order valence-corrected chi connectivity index (χ2v) is 6.39. The summed E-state index contributed by atoms with van der Waals surface area (Å²) in [4.78, 5) is 10.8. The summed E-state index contributed by atoms with van der Waals surface area (Å²) in [5.41, 5.74) is 0. The molecule has 0 radical (unpaired) electrons. The zero-order valence-corrected chi connectivity index (χ0v) is 11.5. The minimum absolute atomic E-state index is 0.249. The van der Waals surface area contributed by atoms with Gasteiger partial charge in [0.2, 0.25) is 0 Å². The van der Waals surface area contributed by atoms with Crippen molar-refractivity contribution in [2.75, 3.05) is 13.1 Å². The number of aliphatic carboxylic acids is 1. The average Bonchev–Trinajstić information content (AvgIpc) is 2.35. The Morgan fingerprint density at radius 3 is 2.33 bits per heavy atom. The van der Waals surface area contributed by atoms with Gasteiger partial charge < -0.3 is 5.11 Å². The molecule has 0 spiro atoms. The number of carboxylic acid groups (broad SMARTS) is 1. The highest BCUT2D eigenvalue weighted by Crippen LogP contribution is 2.28. The Bertz CT molecular complexity index is 361. The monoisotopic (exact) mass is 278 g/mol. The van der Waals surface area contributed by atoms with Crippen LogP contribution in [0.5, 0.6) is 0 Å². The molecule has 18 heavy (non-hydrogen) atoms. The van der Waals surface area contributed by atoms with E-state index in [-0.39, 0.29) is 11.8 Å². The molecular weight excluding hydrogens is 256 g/mol. The fraction of sp³-hybridized carbons (Fsp3) is 0.909. The predicted molar refractivity (Wildman–Crippen MR) is 68.3 cm³/mol. The summed E-state index contributed by atoms with van der Waals surface area (Å²) in [6.07, 6.45) is 3.58. The average molecular weight is 278 g/mol. The number of nitrogens with one attached hydrogen (secondary N) is 2. The lowest BCUT2D eigenvalue weighted by molar-refractivity contribution is -0.143. The first kappa shape index (κ1) is 15.4. The first-order chi connectivity index (χ1) is 8.44. The van der Waals surface area contributed by atoms with Gasteiger partial charge >= 0.3 is 5.97 Å². The Kier molecular flexibility index (Phi) is 6.04. The van der Waals surface area contributed by atoms with Crippen LogP contribution < -0.4 is 9.44 Å². The third kappa shape index (κ3) is 5.32. The molecule has 1 saturated carbocycles. The molecule has 6 nitrogen and oxygen atoms in total. The standard InChI is InChI=1S/C11H22N2O4S/c1-2-7-12-18(16,17)13-8-9-3-5-10(6-4-9)11(14)15/h9-10,12-13H,2-8H2,1H3,(H,14,15). The Hall–Kier alpha value is -0.660. The van der Waals surface area contributed by atoms with Crippen molar-refractivity contribution < 1.29 is 18.3 Å². The van der Waals surface area contributed by atoms with Crippen molar-refractivity contribution in [2.24, 2.45) is 11.8 Å². The van der Waals surface area contributed by atoms with Crippen molar-refractivity contribution in [1.82, 2.24) is 9.44 Å². The zero-order valence-electron chi connectivity index (χ0n) is 10.7. The number of carbonyl (C=O) groups is 1. The minimum atomic E-state index is -3.39. The third-order valence-corrected chi connectivity index (χ3v) is 4.43. The Morgan fingerprint density at radius 1 is 1.22 bits per heavy atom. The van der Waals surface area contributed by atoms with Crippen LogP contribution >= 0.6 is 0 Å². The molecule has 0 aromatic heterocycles. The van der Waals surface area contributed by atoms with E-state index in [1.54, 1.807) is 0 Å².